The molecule has 0 saturated carbocycles. The summed E-state index contributed by atoms with van der Waals surface area (Å²) in [5.74, 6) is 1.73. The molecule has 2 saturated heterocycles. The summed E-state index contributed by atoms with van der Waals surface area (Å²) in [7, 11) is 0. The maximum absolute atomic E-state index is 13.1. The van der Waals surface area contributed by atoms with Crippen molar-refractivity contribution in [3.05, 3.63) is 83.2 Å². The Morgan fingerprint density at radius 3 is 2.11 bits per heavy atom. The molecule has 0 bridgehead atoms. The summed E-state index contributed by atoms with van der Waals surface area (Å²) >= 11 is 0. The van der Waals surface area contributed by atoms with Gasteiger partial charge in [-0.3, -0.25) is 14.6 Å². The molecule has 3 aromatic rings. The number of amides is 1. The lowest BCUT2D eigenvalue weighted by atomic mass is 10.1. The number of carbonyl (C=O) groups is 1. The van der Waals surface area contributed by atoms with E-state index < -0.39 is 0 Å². The van der Waals surface area contributed by atoms with E-state index in [0.717, 1.165) is 82.4 Å². The SMILES string of the molecule is Cc1ccc(N2CCN(Cc3ccc(C(=O)N4CCN(Cc5ccnc(N)c5)CC4)cc3)CC2)nc1. The maximum Gasteiger partial charge on any atom is 0.253 e. The summed E-state index contributed by atoms with van der Waals surface area (Å²) in [6, 6.07) is 16.3. The molecule has 0 unspecified atom stereocenters. The van der Waals surface area contributed by atoms with E-state index in [2.05, 4.69) is 55.9 Å². The van der Waals surface area contributed by atoms with Crippen LogP contribution in [0.2, 0.25) is 0 Å². The Balaban J connectivity index is 1.08. The highest BCUT2D eigenvalue weighted by atomic mass is 16.2. The zero-order valence-corrected chi connectivity index (χ0v) is 21.0. The number of anilines is 2. The number of hydrogen-bond acceptors (Lipinski definition) is 7. The van der Waals surface area contributed by atoms with E-state index in [0.29, 0.717) is 5.82 Å². The fourth-order valence-corrected chi connectivity index (χ4v) is 4.94. The van der Waals surface area contributed by atoms with Gasteiger partial charge in [-0.05, 0) is 53.9 Å². The van der Waals surface area contributed by atoms with Crippen LogP contribution in [0.3, 0.4) is 0 Å². The molecule has 8 nitrogen and oxygen atoms in total. The van der Waals surface area contributed by atoms with Crippen molar-refractivity contribution in [3.63, 3.8) is 0 Å². The molecule has 8 heteroatoms. The van der Waals surface area contributed by atoms with E-state index in [9.17, 15) is 4.79 Å². The van der Waals surface area contributed by atoms with Crippen LogP contribution in [0.25, 0.3) is 0 Å². The van der Waals surface area contributed by atoms with Crippen molar-refractivity contribution in [2.24, 2.45) is 0 Å². The Morgan fingerprint density at radius 2 is 1.47 bits per heavy atom. The van der Waals surface area contributed by atoms with Crippen LogP contribution in [0, 0.1) is 6.92 Å². The number of pyridine rings is 2. The highest BCUT2D eigenvalue weighted by Gasteiger charge is 2.23. The van der Waals surface area contributed by atoms with E-state index in [4.69, 9.17) is 5.73 Å². The molecule has 2 fully saturated rings. The first-order valence-electron chi connectivity index (χ1n) is 12.7. The zero-order valence-electron chi connectivity index (χ0n) is 21.0. The van der Waals surface area contributed by atoms with E-state index in [1.807, 2.05) is 35.4 Å². The van der Waals surface area contributed by atoms with Crippen molar-refractivity contribution in [1.82, 2.24) is 24.7 Å². The lowest BCUT2D eigenvalue weighted by molar-refractivity contribution is 0.0628. The van der Waals surface area contributed by atoms with Gasteiger partial charge in [0.1, 0.15) is 11.6 Å². The highest BCUT2D eigenvalue weighted by Crippen LogP contribution is 2.17. The van der Waals surface area contributed by atoms with E-state index in [1.54, 1.807) is 6.20 Å². The van der Waals surface area contributed by atoms with E-state index in [1.165, 1.54) is 11.1 Å². The van der Waals surface area contributed by atoms with Crippen LogP contribution in [-0.4, -0.2) is 82.9 Å². The number of nitrogen functional groups attached to an aromatic ring is 1. The summed E-state index contributed by atoms with van der Waals surface area (Å²) < 4.78 is 0. The lowest BCUT2D eigenvalue weighted by Gasteiger charge is -2.35. The summed E-state index contributed by atoms with van der Waals surface area (Å²) in [6.07, 6.45) is 3.68. The van der Waals surface area contributed by atoms with Gasteiger partial charge in [-0.25, -0.2) is 9.97 Å². The van der Waals surface area contributed by atoms with Gasteiger partial charge in [0.25, 0.3) is 5.91 Å². The number of nitrogens with two attached hydrogens (primary N) is 1. The van der Waals surface area contributed by atoms with Gasteiger partial charge >= 0.3 is 0 Å². The first-order chi connectivity index (χ1) is 17.5. The molecule has 1 aromatic carbocycles. The van der Waals surface area contributed by atoms with Crippen molar-refractivity contribution in [2.75, 3.05) is 63.0 Å². The number of aromatic nitrogens is 2. The summed E-state index contributed by atoms with van der Waals surface area (Å²) in [5, 5.41) is 0. The third kappa shape index (κ3) is 6.01. The number of carbonyl (C=O) groups excluding carboxylic acids is 1. The molecule has 0 radical (unpaired) electrons. The second kappa shape index (κ2) is 11.1. The van der Waals surface area contributed by atoms with Crippen molar-refractivity contribution < 1.29 is 4.79 Å². The molecular formula is C28H35N7O. The maximum atomic E-state index is 13.1. The van der Waals surface area contributed by atoms with E-state index >= 15 is 0 Å². The molecule has 5 rings (SSSR count). The minimum Gasteiger partial charge on any atom is -0.384 e. The average molecular weight is 486 g/mol. The van der Waals surface area contributed by atoms with Gasteiger partial charge in [0, 0.05) is 83.4 Å². The van der Waals surface area contributed by atoms with Crippen LogP contribution in [-0.2, 0) is 13.1 Å². The van der Waals surface area contributed by atoms with Crippen molar-refractivity contribution in [1.29, 1.82) is 0 Å². The molecular weight excluding hydrogens is 450 g/mol. The second-order valence-corrected chi connectivity index (χ2v) is 9.81. The molecule has 0 spiro atoms. The number of hydrogen-bond donors (Lipinski definition) is 1. The number of piperazine rings is 2. The van der Waals surface area contributed by atoms with Crippen molar-refractivity contribution >= 4 is 17.5 Å². The Hall–Kier alpha value is -3.49. The number of rotatable bonds is 6. The quantitative estimate of drug-likeness (QED) is 0.575. The smallest absolute Gasteiger partial charge is 0.253 e. The molecule has 4 heterocycles. The van der Waals surface area contributed by atoms with Crippen LogP contribution in [0.4, 0.5) is 11.6 Å². The fraction of sp³-hybridized carbons (Fsp3) is 0.393. The highest BCUT2D eigenvalue weighted by molar-refractivity contribution is 5.94. The monoisotopic (exact) mass is 485 g/mol. The van der Waals surface area contributed by atoms with Crippen LogP contribution >= 0.6 is 0 Å². The standard InChI is InChI=1S/C28H35N7O/c1-22-2-7-27(31-19-22)34-14-10-32(11-15-34)20-23-3-5-25(6-4-23)28(36)35-16-12-33(13-17-35)21-24-8-9-30-26(29)18-24/h2-9,18-19H,10-17,20-21H2,1H3,(H2,29,30). The van der Waals surface area contributed by atoms with Gasteiger partial charge in [-0.1, -0.05) is 18.2 Å². The first-order valence-corrected chi connectivity index (χ1v) is 12.7. The van der Waals surface area contributed by atoms with E-state index in [-0.39, 0.29) is 5.91 Å². The second-order valence-electron chi connectivity index (χ2n) is 9.81. The normalized spacial score (nSPS) is 17.4. The van der Waals surface area contributed by atoms with Gasteiger partial charge in [0.15, 0.2) is 0 Å². The third-order valence-corrected chi connectivity index (χ3v) is 7.11. The zero-order chi connectivity index (χ0) is 24.9. The van der Waals surface area contributed by atoms with Crippen LogP contribution in [0.1, 0.15) is 27.0 Å². The fourth-order valence-electron chi connectivity index (χ4n) is 4.94. The molecule has 2 aliphatic rings. The van der Waals surface area contributed by atoms with Gasteiger partial charge in [0.2, 0.25) is 0 Å². The Bertz CT molecular complexity index is 1150. The predicted molar refractivity (Wildman–Crippen MR) is 143 cm³/mol. The molecule has 0 aliphatic carbocycles. The van der Waals surface area contributed by atoms with Gasteiger partial charge in [-0.2, -0.15) is 0 Å². The average Bonchev–Trinajstić information content (AvgIpc) is 2.90. The van der Waals surface area contributed by atoms with Crippen molar-refractivity contribution in [2.45, 2.75) is 20.0 Å². The third-order valence-electron chi connectivity index (χ3n) is 7.11. The largest absolute Gasteiger partial charge is 0.384 e. The molecule has 1 amide bonds. The summed E-state index contributed by atoms with van der Waals surface area (Å²) in [6.45, 7) is 11.0. The predicted octanol–water partition coefficient (Wildman–Crippen LogP) is 2.65. The minimum absolute atomic E-state index is 0.119. The number of aryl methyl sites for hydroxylation is 1. The van der Waals surface area contributed by atoms with Crippen LogP contribution in [0.5, 0.6) is 0 Å². The van der Waals surface area contributed by atoms with Crippen molar-refractivity contribution in [3.8, 4) is 0 Å². The summed E-state index contributed by atoms with van der Waals surface area (Å²) in [5.41, 5.74) is 10.2. The van der Waals surface area contributed by atoms with Gasteiger partial charge < -0.3 is 15.5 Å². The first kappa shape index (κ1) is 24.2. The van der Waals surface area contributed by atoms with Gasteiger partial charge in [0.05, 0.1) is 0 Å². The Morgan fingerprint density at radius 1 is 0.806 bits per heavy atom. The van der Waals surface area contributed by atoms with Crippen LogP contribution in [0.15, 0.2) is 60.9 Å². The Labute approximate surface area is 213 Å². The molecule has 188 valence electrons. The minimum atomic E-state index is 0.119. The molecule has 2 aromatic heterocycles. The van der Waals surface area contributed by atoms with Gasteiger partial charge in [-0.15, -0.1) is 0 Å². The molecule has 2 N–H and O–H groups in total. The lowest BCUT2D eigenvalue weighted by Crippen LogP contribution is -2.48. The number of nitrogens with zero attached hydrogens (tertiary/aromatic N) is 6. The number of benzene rings is 1. The van der Waals surface area contributed by atoms with Crippen LogP contribution < -0.4 is 10.6 Å². The topological polar surface area (TPSA) is 81.8 Å². The Kier molecular flexibility index (Phi) is 7.44. The summed E-state index contributed by atoms with van der Waals surface area (Å²) in [4.78, 5) is 30.8. The molecule has 2 aliphatic heterocycles. The molecule has 36 heavy (non-hydrogen) atoms. The molecule has 0 atom stereocenters.